The number of rotatable bonds is 1. The van der Waals surface area contributed by atoms with E-state index < -0.39 is 0 Å². The number of hydrogen-bond donors (Lipinski definition) is 1. The van der Waals surface area contributed by atoms with Gasteiger partial charge in [-0.3, -0.25) is 4.99 Å². The van der Waals surface area contributed by atoms with Crippen molar-refractivity contribution in [3.8, 4) is 0 Å². The van der Waals surface area contributed by atoms with Crippen LogP contribution in [0.25, 0.3) is 0 Å². The number of nitrogens with zero attached hydrogens (tertiary/aromatic N) is 1. The highest BCUT2D eigenvalue weighted by atomic mass is 32.2. The van der Waals surface area contributed by atoms with Gasteiger partial charge in [0.25, 0.3) is 0 Å². The summed E-state index contributed by atoms with van der Waals surface area (Å²) in [6, 6.07) is 0. The molecule has 0 aromatic rings. The Hall–Kier alpha value is -0.180. The average molecular weight is 198 g/mol. The van der Waals surface area contributed by atoms with Gasteiger partial charge in [0, 0.05) is 11.3 Å². The lowest BCUT2D eigenvalue weighted by Crippen LogP contribution is -2.46. The second kappa shape index (κ2) is 2.91. The van der Waals surface area contributed by atoms with Gasteiger partial charge in [-0.05, 0) is 40.0 Å². The van der Waals surface area contributed by atoms with Gasteiger partial charge in [-0.25, -0.2) is 0 Å². The summed E-state index contributed by atoms with van der Waals surface area (Å²) in [6.07, 6.45) is 3.76. The quantitative estimate of drug-likeness (QED) is 0.699. The Labute approximate surface area is 84.6 Å². The van der Waals surface area contributed by atoms with Crippen LogP contribution in [0.15, 0.2) is 4.99 Å². The van der Waals surface area contributed by atoms with E-state index in [1.54, 1.807) is 0 Å². The maximum Gasteiger partial charge on any atom is 0.157 e. The van der Waals surface area contributed by atoms with Crippen LogP contribution < -0.4 is 5.32 Å². The summed E-state index contributed by atoms with van der Waals surface area (Å²) in [6.45, 7) is 6.73. The van der Waals surface area contributed by atoms with Crippen LogP contribution in [-0.2, 0) is 0 Å². The smallest absolute Gasteiger partial charge is 0.157 e. The molecule has 3 heteroatoms. The first kappa shape index (κ1) is 9.38. The standard InChI is InChI=1S/C10H18N2S/c1-9(2)6-7-13-8(11-9)12-10(3)4-5-10/h4-7H2,1-3H3,(H,11,12). The van der Waals surface area contributed by atoms with Crippen LogP contribution in [0.5, 0.6) is 0 Å². The van der Waals surface area contributed by atoms with Gasteiger partial charge in [0.05, 0.1) is 5.54 Å². The van der Waals surface area contributed by atoms with Crippen LogP contribution in [0.4, 0.5) is 0 Å². The van der Waals surface area contributed by atoms with Crippen LogP contribution in [0.3, 0.4) is 0 Å². The molecule has 2 nitrogen and oxygen atoms in total. The summed E-state index contributed by atoms with van der Waals surface area (Å²) in [5.41, 5.74) is 0.526. The summed E-state index contributed by atoms with van der Waals surface area (Å²) in [5, 5.41) is 4.67. The van der Waals surface area contributed by atoms with Crippen molar-refractivity contribution in [2.24, 2.45) is 4.99 Å². The summed E-state index contributed by atoms with van der Waals surface area (Å²) >= 11 is 1.87. The predicted molar refractivity (Wildman–Crippen MR) is 59.4 cm³/mol. The van der Waals surface area contributed by atoms with Crippen LogP contribution in [0.1, 0.15) is 40.0 Å². The number of thioether (sulfide) groups is 1. The van der Waals surface area contributed by atoms with E-state index in [1.807, 2.05) is 11.8 Å². The second-order valence-electron chi connectivity index (χ2n) is 5.02. The summed E-state index contributed by atoms with van der Waals surface area (Å²) in [4.78, 5) is 4.74. The molecule has 2 fully saturated rings. The molecule has 2 aliphatic rings. The van der Waals surface area contributed by atoms with Gasteiger partial charge in [-0.15, -0.1) is 0 Å². The Bertz CT molecular complexity index is 241. The Kier molecular flexibility index (Phi) is 2.10. The van der Waals surface area contributed by atoms with Crippen LogP contribution in [-0.4, -0.2) is 22.0 Å². The topological polar surface area (TPSA) is 24.4 Å². The summed E-state index contributed by atoms with van der Waals surface area (Å²) < 4.78 is 0. The number of hydrogen-bond acceptors (Lipinski definition) is 2. The van der Waals surface area contributed by atoms with Gasteiger partial charge < -0.3 is 5.32 Å². The first-order chi connectivity index (χ1) is 5.99. The zero-order valence-electron chi connectivity index (χ0n) is 8.68. The Morgan fingerprint density at radius 2 is 1.92 bits per heavy atom. The van der Waals surface area contributed by atoms with Gasteiger partial charge in [0.2, 0.25) is 0 Å². The first-order valence-corrected chi connectivity index (χ1v) is 5.99. The highest BCUT2D eigenvalue weighted by Crippen LogP contribution is 2.40. The van der Waals surface area contributed by atoms with E-state index >= 15 is 0 Å². The SMILES string of the molecule is CC1(N=C2NC(C)(C)CCS2)CC1. The van der Waals surface area contributed by atoms with Crippen molar-refractivity contribution in [3.63, 3.8) is 0 Å². The number of amidine groups is 1. The monoisotopic (exact) mass is 198 g/mol. The molecule has 1 saturated carbocycles. The van der Waals surface area contributed by atoms with E-state index in [-0.39, 0.29) is 11.1 Å². The van der Waals surface area contributed by atoms with Crippen molar-refractivity contribution < 1.29 is 0 Å². The van der Waals surface area contributed by atoms with Gasteiger partial charge in [0.1, 0.15) is 0 Å². The molecule has 0 unspecified atom stereocenters. The molecule has 0 atom stereocenters. The lowest BCUT2D eigenvalue weighted by molar-refractivity contribution is 0.445. The summed E-state index contributed by atoms with van der Waals surface area (Å²) in [5.74, 6) is 1.20. The Morgan fingerprint density at radius 1 is 1.23 bits per heavy atom. The van der Waals surface area contributed by atoms with Crippen molar-refractivity contribution >= 4 is 16.9 Å². The molecule has 0 radical (unpaired) electrons. The van der Waals surface area contributed by atoms with E-state index in [0.717, 1.165) is 5.17 Å². The lowest BCUT2D eigenvalue weighted by atomic mass is 10.0. The van der Waals surface area contributed by atoms with E-state index in [1.165, 1.54) is 25.0 Å². The third kappa shape index (κ3) is 2.39. The molecule has 13 heavy (non-hydrogen) atoms. The minimum Gasteiger partial charge on any atom is -0.360 e. The average Bonchev–Trinajstić information content (AvgIpc) is 2.65. The number of aliphatic imine (C=N–C) groups is 1. The van der Waals surface area contributed by atoms with Crippen molar-refractivity contribution in [1.82, 2.24) is 5.32 Å². The summed E-state index contributed by atoms with van der Waals surface area (Å²) in [7, 11) is 0. The molecule has 0 amide bonds. The minimum atomic E-state index is 0.245. The van der Waals surface area contributed by atoms with E-state index in [4.69, 9.17) is 4.99 Å². The van der Waals surface area contributed by atoms with Crippen molar-refractivity contribution in [2.75, 3.05) is 5.75 Å². The van der Waals surface area contributed by atoms with Gasteiger partial charge in [0.15, 0.2) is 5.17 Å². The fourth-order valence-electron chi connectivity index (χ4n) is 1.39. The zero-order chi connectivity index (χ0) is 9.53. The number of nitrogens with one attached hydrogen (secondary N) is 1. The van der Waals surface area contributed by atoms with Crippen molar-refractivity contribution in [2.45, 2.75) is 51.1 Å². The maximum atomic E-state index is 4.74. The lowest BCUT2D eigenvalue weighted by Gasteiger charge is -2.32. The van der Waals surface area contributed by atoms with Gasteiger partial charge in [-0.2, -0.15) is 0 Å². The highest BCUT2D eigenvalue weighted by molar-refractivity contribution is 8.13. The second-order valence-corrected chi connectivity index (χ2v) is 6.10. The van der Waals surface area contributed by atoms with E-state index in [0.29, 0.717) is 0 Å². The molecular weight excluding hydrogens is 180 g/mol. The van der Waals surface area contributed by atoms with Gasteiger partial charge in [-0.1, -0.05) is 11.8 Å². The molecule has 1 N–H and O–H groups in total. The minimum absolute atomic E-state index is 0.245. The molecular formula is C10H18N2S. The zero-order valence-corrected chi connectivity index (χ0v) is 9.50. The van der Waals surface area contributed by atoms with E-state index in [9.17, 15) is 0 Å². The molecule has 0 spiro atoms. The largest absolute Gasteiger partial charge is 0.360 e. The highest BCUT2D eigenvalue weighted by Gasteiger charge is 2.38. The third-order valence-electron chi connectivity index (χ3n) is 2.76. The Morgan fingerprint density at radius 3 is 2.46 bits per heavy atom. The van der Waals surface area contributed by atoms with Gasteiger partial charge >= 0.3 is 0 Å². The molecule has 0 aromatic carbocycles. The molecule has 0 aromatic heterocycles. The fraction of sp³-hybridized carbons (Fsp3) is 0.900. The van der Waals surface area contributed by atoms with Crippen LogP contribution in [0.2, 0.25) is 0 Å². The van der Waals surface area contributed by atoms with Crippen LogP contribution in [0, 0.1) is 0 Å². The predicted octanol–water partition coefficient (Wildman–Crippen LogP) is 2.40. The molecule has 74 valence electrons. The van der Waals surface area contributed by atoms with Crippen molar-refractivity contribution in [3.05, 3.63) is 0 Å². The van der Waals surface area contributed by atoms with Crippen LogP contribution >= 0.6 is 11.8 Å². The first-order valence-electron chi connectivity index (χ1n) is 5.00. The molecule has 2 rings (SSSR count). The molecule has 1 heterocycles. The maximum absolute atomic E-state index is 4.74. The molecule has 0 bridgehead atoms. The van der Waals surface area contributed by atoms with Crippen molar-refractivity contribution in [1.29, 1.82) is 0 Å². The molecule has 1 aliphatic carbocycles. The molecule has 1 aliphatic heterocycles. The molecule has 1 saturated heterocycles. The third-order valence-corrected chi connectivity index (χ3v) is 3.63. The Balaban J connectivity index is 2.03. The van der Waals surface area contributed by atoms with E-state index in [2.05, 4.69) is 26.1 Å². The fourth-order valence-corrected chi connectivity index (χ4v) is 2.83. The normalized spacial score (nSPS) is 32.7.